The summed E-state index contributed by atoms with van der Waals surface area (Å²) in [5.41, 5.74) is 0.931. The smallest absolute Gasteiger partial charge is 0.224 e. The molecule has 0 bridgehead atoms. The normalized spacial score (nSPS) is 42.6. The summed E-state index contributed by atoms with van der Waals surface area (Å²) in [7, 11) is 1.62. The van der Waals surface area contributed by atoms with Gasteiger partial charge < -0.3 is 20.3 Å². The number of aliphatic hydroxyl groups excluding tert-OH is 2. The molecule has 5 heteroatoms. The van der Waals surface area contributed by atoms with E-state index in [0.29, 0.717) is 47.7 Å². The molecule has 5 nitrogen and oxygen atoms in total. The van der Waals surface area contributed by atoms with Crippen molar-refractivity contribution in [1.29, 1.82) is 0 Å². The van der Waals surface area contributed by atoms with Gasteiger partial charge in [0, 0.05) is 6.42 Å². The van der Waals surface area contributed by atoms with E-state index in [2.05, 4.69) is 26.1 Å². The molecule has 3 N–H and O–H groups in total. The maximum absolute atomic E-state index is 12.8. The third-order valence-corrected chi connectivity index (χ3v) is 11.7. The molecule has 10 atom stereocenters. The summed E-state index contributed by atoms with van der Waals surface area (Å²) >= 11 is 0. The van der Waals surface area contributed by atoms with Crippen LogP contribution in [0, 0.1) is 46.3 Å². The van der Waals surface area contributed by atoms with Crippen molar-refractivity contribution in [2.45, 2.75) is 97.2 Å². The molecule has 0 radical (unpaired) electrons. The third-order valence-electron chi connectivity index (χ3n) is 11.7. The minimum atomic E-state index is -0.275. The summed E-state index contributed by atoms with van der Waals surface area (Å²) in [6.07, 6.45) is 9.69. The van der Waals surface area contributed by atoms with Crippen molar-refractivity contribution in [1.82, 2.24) is 0 Å². The second kappa shape index (κ2) is 9.94. The van der Waals surface area contributed by atoms with Gasteiger partial charge in [-0.1, -0.05) is 32.9 Å². The van der Waals surface area contributed by atoms with E-state index >= 15 is 0 Å². The Balaban J connectivity index is 1.25. The molecule has 0 spiro atoms. The Labute approximate surface area is 217 Å². The van der Waals surface area contributed by atoms with Crippen LogP contribution >= 0.6 is 0 Å². The van der Waals surface area contributed by atoms with E-state index in [9.17, 15) is 15.0 Å². The number of para-hydroxylation sites is 2. The maximum Gasteiger partial charge on any atom is 0.224 e. The van der Waals surface area contributed by atoms with Gasteiger partial charge in [-0.2, -0.15) is 0 Å². The monoisotopic (exact) mass is 497 g/mol. The van der Waals surface area contributed by atoms with Crippen molar-refractivity contribution >= 4 is 11.6 Å². The molecule has 4 aliphatic carbocycles. The van der Waals surface area contributed by atoms with Gasteiger partial charge in [-0.25, -0.2) is 0 Å². The fourth-order valence-electron chi connectivity index (χ4n) is 9.68. The van der Waals surface area contributed by atoms with Crippen molar-refractivity contribution in [2.24, 2.45) is 46.3 Å². The number of methoxy groups -OCH3 is 1. The third kappa shape index (κ3) is 4.28. The van der Waals surface area contributed by atoms with Crippen LogP contribution < -0.4 is 10.1 Å². The molecule has 0 aliphatic heterocycles. The Bertz CT molecular complexity index is 950. The number of amides is 1. The lowest BCUT2D eigenvalue weighted by atomic mass is 9.43. The zero-order valence-corrected chi connectivity index (χ0v) is 22.7. The van der Waals surface area contributed by atoms with Crippen LogP contribution in [0.4, 0.5) is 5.69 Å². The van der Waals surface area contributed by atoms with Gasteiger partial charge in [0.1, 0.15) is 5.75 Å². The molecule has 0 heterocycles. The van der Waals surface area contributed by atoms with Gasteiger partial charge in [-0.15, -0.1) is 0 Å². The summed E-state index contributed by atoms with van der Waals surface area (Å²) < 4.78 is 5.37. The van der Waals surface area contributed by atoms with Crippen LogP contribution in [0.25, 0.3) is 0 Å². The number of carbonyl (C=O) groups excluding carboxylic acids is 1. The van der Waals surface area contributed by atoms with Crippen molar-refractivity contribution < 1.29 is 19.7 Å². The topological polar surface area (TPSA) is 78.8 Å². The molecule has 0 unspecified atom stereocenters. The molecule has 4 saturated carbocycles. The molecular weight excluding hydrogens is 450 g/mol. The summed E-state index contributed by atoms with van der Waals surface area (Å²) in [6.45, 7) is 7.15. The number of hydrogen-bond acceptors (Lipinski definition) is 4. The Morgan fingerprint density at radius 1 is 1.08 bits per heavy atom. The van der Waals surface area contributed by atoms with Crippen LogP contribution in [0.5, 0.6) is 5.75 Å². The van der Waals surface area contributed by atoms with Gasteiger partial charge in [0.05, 0.1) is 25.0 Å². The van der Waals surface area contributed by atoms with Crippen molar-refractivity contribution in [2.75, 3.05) is 12.4 Å². The van der Waals surface area contributed by atoms with Crippen LogP contribution in [0.15, 0.2) is 24.3 Å². The second-order valence-corrected chi connectivity index (χ2v) is 13.2. The highest BCUT2D eigenvalue weighted by atomic mass is 16.5. The maximum atomic E-state index is 12.8. The quantitative estimate of drug-likeness (QED) is 0.448. The molecule has 1 amide bonds. The van der Waals surface area contributed by atoms with E-state index in [4.69, 9.17) is 4.74 Å². The van der Waals surface area contributed by atoms with Crippen LogP contribution in [0.1, 0.15) is 85.0 Å². The largest absolute Gasteiger partial charge is 0.495 e. The summed E-state index contributed by atoms with van der Waals surface area (Å²) in [5, 5.41) is 25.1. The average molecular weight is 498 g/mol. The predicted octanol–water partition coefficient (Wildman–Crippen LogP) is 6.04. The number of hydrogen-bond donors (Lipinski definition) is 3. The first-order chi connectivity index (χ1) is 17.2. The molecule has 200 valence electrons. The highest BCUT2D eigenvalue weighted by Crippen LogP contribution is 2.68. The lowest BCUT2D eigenvalue weighted by Gasteiger charge is -2.62. The molecule has 36 heavy (non-hydrogen) atoms. The zero-order valence-electron chi connectivity index (χ0n) is 22.7. The van der Waals surface area contributed by atoms with Crippen LogP contribution in [-0.4, -0.2) is 35.4 Å². The first-order valence-corrected chi connectivity index (χ1v) is 14.5. The Kier molecular flexibility index (Phi) is 7.19. The molecule has 1 aromatic carbocycles. The SMILES string of the molecule is COc1ccccc1NC(=O)CC[C@@H](C)[C@@H]1CC[C@@H]2[C@@H]3CC[C@H]4C[C@H](O)CC[C@]4(C)[C@@H]3C[C@H](O)[C@@]21C. The van der Waals surface area contributed by atoms with Crippen LogP contribution in [0.3, 0.4) is 0 Å². The average Bonchev–Trinajstić information content (AvgIpc) is 3.23. The Morgan fingerprint density at radius 3 is 2.64 bits per heavy atom. The van der Waals surface area contributed by atoms with Gasteiger partial charge in [0.15, 0.2) is 0 Å². The van der Waals surface area contributed by atoms with E-state index in [1.54, 1.807) is 7.11 Å². The van der Waals surface area contributed by atoms with Gasteiger partial charge in [-0.05, 0) is 116 Å². The minimum absolute atomic E-state index is 0.0287. The summed E-state index contributed by atoms with van der Waals surface area (Å²) in [5.74, 6) is 4.02. The fraction of sp³-hybridized carbons (Fsp3) is 0.774. The van der Waals surface area contributed by atoms with Crippen molar-refractivity contribution in [3.05, 3.63) is 24.3 Å². The van der Waals surface area contributed by atoms with Crippen molar-refractivity contribution in [3.63, 3.8) is 0 Å². The molecule has 4 fully saturated rings. The van der Waals surface area contributed by atoms with Gasteiger partial charge in [0.25, 0.3) is 0 Å². The van der Waals surface area contributed by atoms with E-state index in [1.165, 1.54) is 19.3 Å². The van der Waals surface area contributed by atoms with Gasteiger partial charge in [-0.3, -0.25) is 4.79 Å². The first kappa shape index (κ1) is 26.0. The lowest BCUT2D eigenvalue weighted by Crippen LogP contribution is -2.58. The molecule has 0 aromatic heterocycles. The van der Waals surface area contributed by atoms with E-state index < -0.39 is 0 Å². The zero-order chi connectivity index (χ0) is 25.7. The Morgan fingerprint density at radius 2 is 1.86 bits per heavy atom. The highest BCUT2D eigenvalue weighted by molar-refractivity contribution is 5.92. The molecular formula is C31H47NO4. The molecule has 4 aliphatic rings. The van der Waals surface area contributed by atoms with Crippen LogP contribution in [0.2, 0.25) is 0 Å². The first-order valence-electron chi connectivity index (χ1n) is 14.5. The minimum Gasteiger partial charge on any atom is -0.495 e. The number of rotatable bonds is 6. The van der Waals surface area contributed by atoms with E-state index in [1.807, 2.05) is 24.3 Å². The Hall–Kier alpha value is -1.59. The lowest BCUT2D eigenvalue weighted by molar-refractivity contribution is -0.174. The number of aliphatic hydroxyl groups is 2. The van der Waals surface area contributed by atoms with E-state index in [-0.39, 0.29) is 28.9 Å². The molecule has 1 aromatic rings. The fourth-order valence-corrected chi connectivity index (χ4v) is 9.68. The highest BCUT2D eigenvalue weighted by Gasteiger charge is 2.63. The number of fused-ring (bicyclic) bond motifs is 5. The molecule has 5 rings (SSSR count). The number of benzene rings is 1. The van der Waals surface area contributed by atoms with E-state index in [0.717, 1.165) is 44.2 Å². The van der Waals surface area contributed by atoms with Crippen molar-refractivity contribution in [3.8, 4) is 5.75 Å². The standard InChI is InChI=1S/C31H47NO4/c1-19(9-14-29(35)32-26-7-5-6-8-27(26)36-4)23-12-13-24-22-11-10-20-17-21(33)15-16-30(20,2)25(22)18-28(34)31(23,24)3/h5-8,19-25,28,33-34H,9-18H2,1-4H3,(H,32,35)/t19-,20+,21-,22+,23+,24-,25-,28+,30+,31-/m1/s1. The van der Waals surface area contributed by atoms with Crippen LogP contribution in [-0.2, 0) is 4.79 Å². The number of carbonyl (C=O) groups is 1. The summed E-state index contributed by atoms with van der Waals surface area (Å²) in [6, 6.07) is 7.54. The number of ether oxygens (including phenoxy) is 1. The molecule has 0 saturated heterocycles. The second-order valence-electron chi connectivity index (χ2n) is 13.2. The van der Waals surface area contributed by atoms with Gasteiger partial charge in [0.2, 0.25) is 5.91 Å². The number of nitrogens with one attached hydrogen (secondary N) is 1. The predicted molar refractivity (Wildman–Crippen MR) is 143 cm³/mol. The summed E-state index contributed by atoms with van der Waals surface area (Å²) in [4.78, 5) is 12.8. The van der Waals surface area contributed by atoms with Gasteiger partial charge >= 0.3 is 0 Å². The number of anilines is 1.